The van der Waals surface area contributed by atoms with Gasteiger partial charge in [-0.25, -0.2) is 4.79 Å². The molecule has 26 heavy (non-hydrogen) atoms. The van der Waals surface area contributed by atoms with Gasteiger partial charge in [0.2, 0.25) is 0 Å². The van der Waals surface area contributed by atoms with Gasteiger partial charge in [0, 0.05) is 5.02 Å². The van der Waals surface area contributed by atoms with Crippen molar-refractivity contribution in [2.45, 2.75) is 26.9 Å². The molecule has 0 spiro atoms. The number of hydrogen-bond acceptors (Lipinski definition) is 7. The Labute approximate surface area is 159 Å². The SMILES string of the molecule is Cc1cc(Cl)cc(C)c1OCC(=O)O[C@H](C)c1nnc(-c2cccs2)o1. The van der Waals surface area contributed by atoms with Crippen LogP contribution in [0.4, 0.5) is 0 Å². The van der Waals surface area contributed by atoms with Crippen LogP contribution >= 0.6 is 22.9 Å². The lowest BCUT2D eigenvalue weighted by Crippen LogP contribution is -2.17. The number of aryl methyl sites for hydroxylation is 2. The molecular formula is C18H17ClN2O4S. The number of carbonyl (C=O) groups excluding carboxylic acids is 1. The van der Waals surface area contributed by atoms with E-state index in [1.165, 1.54) is 11.3 Å². The number of nitrogens with zero attached hydrogens (tertiary/aromatic N) is 2. The van der Waals surface area contributed by atoms with Crippen molar-refractivity contribution in [3.63, 3.8) is 0 Å². The minimum Gasteiger partial charge on any atom is -0.481 e. The highest BCUT2D eigenvalue weighted by Gasteiger charge is 2.20. The third kappa shape index (κ3) is 4.23. The standard InChI is InChI=1S/C18H17ClN2O4S/c1-10-7-13(19)8-11(2)16(10)23-9-15(22)24-12(3)17-20-21-18(25-17)14-5-4-6-26-14/h4-8,12H,9H2,1-3H3/t12-/m1/s1. The van der Waals surface area contributed by atoms with Crippen molar-refractivity contribution in [1.82, 2.24) is 10.2 Å². The zero-order valence-corrected chi connectivity index (χ0v) is 16.1. The molecule has 0 aliphatic carbocycles. The lowest BCUT2D eigenvalue weighted by molar-refractivity contribution is -0.152. The number of thiophene rings is 1. The van der Waals surface area contributed by atoms with Crippen molar-refractivity contribution in [3.05, 3.63) is 51.7 Å². The van der Waals surface area contributed by atoms with Crippen molar-refractivity contribution in [1.29, 1.82) is 0 Å². The van der Waals surface area contributed by atoms with Crippen molar-refractivity contribution >= 4 is 28.9 Å². The predicted octanol–water partition coefficient (Wildman–Crippen LogP) is 4.75. The third-order valence-corrected chi connectivity index (χ3v) is 4.66. The summed E-state index contributed by atoms with van der Waals surface area (Å²) >= 11 is 7.48. The molecule has 1 aromatic carbocycles. The number of esters is 1. The molecule has 1 atom stereocenters. The van der Waals surface area contributed by atoms with Crippen molar-refractivity contribution in [3.8, 4) is 16.5 Å². The van der Waals surface area contributed by atoms with Crippen LogP contribution in [-0.4, -0.2) is 22.8 Å². The summed E-state index contributed by atoms with van der Waals surface area (Å²) in [6.07, 6.45) is -0.667. The van der Waals surface area contributed by atoms with Crippen LogP contribution in [0.3, 0.4) is 0 Å². The second-order valence-electron chi connectivity index (χ2n) is 5.71. The molecule has 2 heterocycles. The lowest BCUT2D eigenvalue weighted by Gasteiger charge is -2.13. The van der Waals surface area contributed by atoms with Crippen LogP contribution in [0.15, 0.2) is 34.1 Å². The summed E-state index contributed by atoms with van der Waals surface area (Å²) in [7, 11) is 0. The van der Waals surface area contributed by atoms with Crippen molar-refractivity contribution in [2.24, 2.45) is 0 Å². The molecule has 6 nitrogen and oxygen atoms in total. The molecule has 0 N–H and O–H groups in total. The highest BCUT2D eigenvalue weighted by Crippen LogP contribution is 2.28. The minimum absolute atomic E-state index is 0.223. The molecule has 0 saturated heterocycles. The van der Waals surface area contributed by atoms with Gasteiger partial charge in [-0.2, -0.15) is 0 Å². The van der Waals surface area contributed by atoms with E-state index in [1.807, 2.05) is 31.4 Å². The average molecular weight is 393 g/mol. The molecule has 0 bridgehead atoms. The van der Waals surface area contributed by atoms with Gasteiger partial charge in [-0.05, 0) is 55.5 Å². The van der Waals surface area contributed by atoms with E-state index in [4.69, 9.17) is 25.5 Å². The van der Waals surface area contributed by atoms with Gasteiger partial charge in [-0.3, -0.25) is 0 Å². The lowest BCUT2D eigenvalue weighted by atomic mass is 10.1. The van der Waals surface area contributed by atoms with Crippen LogP contribution in [0, 0.1) is 13.8 Å². The van der Waals surface area contributed by atoms with Gasteiger partial charge in [-0.1, -0.05) is 17.7 Å². The van der Waals surface area contributed by atoms with Crippen LogP contribution in [0.2, 0.25) is 5.02 Å². The molecule has 8 heteroatoms. The first-order chi connectivity index (χ1) is 12.4. The fourth-order valence-corrected chi connectivity index (χ4v) is 3.41. The van der Waals surface area contributed by atoms with Crippen LogP contribution in [-0.2, 0) is 9.53 Å². The van der Waals surface area contributed by atoms with E-state index < -0.39 is 12.1 Å². The first-order valence-electron chi connectivity index (χ1n) is 7.90. The second kappa shape index (κ2) is 7.88. The van der Waals surface area contributed by atoms with E-state index in [0.717, 1.165) is 16.0 Å². The quantitative estimate of drug-likeness (QED) is 0.563. The second-order valence-corrected chi connectivity index (χ2v) is 7.10. The molecule has 3 rings (SSSR count). The zero-order valence-electron chi connectivity index (χ0n) is 14.5. The maximum Gasteiger partial charge on any atom is 0.344 e. The summed E-state index contributed by atoms with van der Waals surface area (Å²) in [5.41, 5.74) is 1.71. The number of hydrogen-bond donors (Lipinski definition) is 0. The summed E-state index contributed by atoms with van der Waals surface area (Å²) in [5.74, 6) is 0.737. The monoisotopic (exact) mass is 392 g/mol. The zero-order chi connectivity index (χ0) is 18.7. The van der Waals surface area contributed by atoms with Gasteiger partial charge >= 0.3 is 5.97 Å². The Morgan fingerprint density at radius 2 is 2.04 bits per heavy atom. The van der Waals surface area contributed by atoms with Gasteiger partial charge < -0.3 is 13.9 Å². The van der Waals surface area contributed by atoms with E-state index >= 15 is 0 Å². The topological polar surface area (TPSA) is 74.5 Å². The highest BCUT2D eigenvalue weighted by molar-refractivity contribution is 7.13. The van der Waals surface area contributed by atoms with E-state index in [2.05, 4.69) is 10.2 Å². The number of ether oxygens (including phenoxy) is 2. The number of halogens is 1. The van der Waals surface area contributed by atoms with E-state index in [-0.39, 0.29) is 12.5 Å². The fraction of sp³-hybridized carbons (Fsp3) is 0.278. The van der Waals surface area contributed by atoms with Crippen LogP contribution in [0.5, 0.6) is 5.75 Å². The Kier molecular flexibility index (Phi) is 5.58. The molecule has 0 amide bonds. The van der Waals surface area contributed by atoms with Gasteiger partial charge in [0.15, 0.2) is 12.7 Å². The van der Waals surface area contributed by atoms with Gasteiger partial charge in [0.05, 0.1) is 4.88 Å². The fourth-order valence-electron chi connectivity index (χ4n) is 2.44. The van der Waals surface area contributed by atoms with Crippen LogP contribution < -0.4 is 4.74 Å². The molecule has 0 fully saturated rings. The summed E-state index contributed by atoms with van der Waals surface area (Å²) in [6.45, 7) is 5.18. The molecule has 2 aromatic heterocycles. The average Bonchev–Trinajstić information content (AvgIpc) is 3.25. The Morgan fingerprint density at radius 1 is 1.31 bits per heavy atom. The predicted molar refractivity (Wildman–Crippen MR) is 98.5 cm³/mol. The number of rotatable bonds is 6. The largest absolute Gasteiger partial charge is 0.481 e. The van der Waals surface area contributed by atoms with Gasteiger partial charge in [0.25, 0.3) is 11.8 Å². The summed E-state index contributed by atoms with van der Waals surface area (Å²) in [5, 5.41) is 10.5. The molecular weight excluding hydrogens is 376 g/mol. The van der Waals surface area contributed by atoms with E-state index in [0.29, 0.717) is 16.7 Å². The third-order valence-electron chi connectivity index (χ3n) is 3.59. The maximum atomic E-state index is 12.1. The van der Waals surface area contributed by atoms with Crippen molar-refractivity contribution in [2.75, 3.05) is 6.61 Å². The molecule has 0 aliphatic rings. The first kappa shape index (κ1) is 18.4. The smallest absolute Gasteiger partial charge is 0.344 e. The molecule has 0 aliphatic heterocycles. The first-order valence-corrected chi connectivity index (χ1v) is 9.16. The molecule has 136 valence electrons. The van der Waals surface area contributed by atoms with Crippen LogP contribution in [0.1, 0.15) is 30.0 Å². The molecule has 3 aromatic rings. The maximum absolute atomic E-state index is 12.1. The number of aromatic nitrogens is 2. The number of benzene rings is 1. The minimum atomic E-state index is -0.667. The molecule has 0 unspecified atom stereocenters. The van der Waals surface area contributed by atoms with E-state index in [9.17, 15) is 4.79 Å². The Hall–Kier alpha value is -2.38. The van der Waals surface area contributed by atoms with E-state index in [1.54, 1.807) is 19.1 Å². The van der Waals surface area contributed by atoms with Gasteiger partial charge in [-0.15, -0.1) is 21.5 Å². The van der Waals surface area contributed by atoms with Crippen molar-refractivity contribution < 1.29 is 18.7 Å². The summed E-state index contributed by atoms with van der Waals surface area (Å²) in [6, 6.07) is 7.33. The normalized spacial score (nSPS) is 12.0. The Bertz CT molecular complexity index is 885. The number of carbonyl (C=O) groups is 1. The Balaban J connectivity index is 1.58. The molecule has 0 saturated carbocycles. The summed E-state index contributed by atoms with van der Waals surface area (Å²) in [4.78, 5) is 12.9. The van der Waals surface area contributed by atoms with Gasteiger partial charge in [0.1, 0.15) is 5.75 Å². The highest BCUT2D eigenvalue weighted by atomic mass is 35.5. The molecule has 0 radical (unpaired) electrons. The summed E-state index contributed by atoms with van der Waals surface area (Å²) < 4.78 is 16.5. The Morgan fingerprint density at radius 3 is 2.69 bits per heavy atom. The van der Waals surface area contributed by atoms with Crippen LogP contribution in [0.25, 0.3) is 10.8 Å².